The third kappa shape index (κ3) is 6.74. The normalized spacial score (nSPS) is 19.8. The number of nitrogens with two attached hydrogens (primary N) is 1. The average Bonchev–Trinajstić information content (AvgIpc) is 3.18. The zero-order valence-corrected chi connectivity index (χ0v) is 23.0. The number of rotatable bonds is 8. The summed E-state index contributed by atoms with van der Waals surface area (Å²) in [5.41, 5.74) is 4.36. The molecule has 3 heterocycles. The summed E-state index contributed by atoms with van der Waals surface area (Å²) in [5.74, 6) is -3.70. The van der Waals surface area contributed by atoms with E-state index in [4.69, 9.17) is 15.3 Å². The molecule has 16 heteroatoms. The summed E-state index contributed by atoms with van der Waals surface area (Å²) in [7, 11) is 0. The van der Waals surface area contributed by atoms with Crippen molar-refractivity contribution in [3.05, 3.63) is 22.3 Å². The number of β-lactam (4-membered cyclic amide) rings is 1. The van der Waals surface area contributed by atoms with Crippen LogP contribution in [0.25, 0.3) is 0 Å². The van der Waals surface area contributed by atoms with E-state index in [0.717, 1.165) is 16.2 Å². The molecule has 3 rings (SSSR count). The zero-order valence-electron chi connectivity index (χ0n) is 19.4. The molecule has 2 aliphatic heterocycles. The van der Waals surface area contributed by atoms with Crippen molar-refractivity contribution in [2.24, 2.45) is 5.16 Å². The van der Waals surface area contributed by atoms with Crippen LogP contribution in [0, 0.1) is 0 Å². The Kier molecular flexibility index (Phi) is 9.72. The van der Waals surface area contributed by atoms with Gasteiger partial charge in [-0.25, -0.2) is 9.78 Å². The number of aliphatic hydroxyl groups is 1. The Balaban J connectivity index is 0.00000432. The molecule has 0 aromatic carbocycles. The van der Waals surface area contributed by atoms with E-state index in [1.807, 2.05) is 0 Å². The van der Waals surface area contributed by atoms with Crippen molar-refractivity contribution in [3.8, 4) is 0 Å². The molecule has 0 saturated carbocycles. The number of aliphatic carboxylic acids is 1. The molecule has 2 atom stereocenters. The summed E-state index contributed by atoms with van der Waals surface area (Å²) >= 11 is 2.21. The van der Waals surface area contributed by atoms with Gasteiger partial charge in [0.05, 0.1) is 18.3 Å². The van der Waals surface area contributed by atoms with E-state index in [1.165, 1.54) is 17.1 Å². The number of hydrogen-bond donors (Lipinski definition) is 3. The molecule has 2 amide bonds. The van der Waals surface area contributed by atoms with E-state index in [0.29, 0.717) is 0 Å². The number of fused-ring (bicyclic) bond motifs is 1. The predicted molar refractivity (Wildman–Crippen MR) is 119 cm³/mol. The summed E-state index contributed by atoms with van der Waals surface area (Å²) < 4.78 is 5.11. The van der Waals surface area contributed by atoms with Crippen LogP contribution in [0.15, 0.2) is 21.8 Å². The topological polar surface area (TPSA) is 197 Å². The number of anilines is 1. The second-order valence-corrected chi connectivity index (χ2v) is 10.1. The van der Waals surface area contributed by atoms with Crippen LogP contribution in [0.5, 0.6) is 0 Å². The first-order valence-corrected chi connectivity index (χ1v) is 11.8. The zero-order chi connectivity index (χ0) is 25.2. The standard InChI is InChI=1S/C19H23N5O8S2.Na/c1-19(2,3)32-10(26)5-31-23-11(9-7-34-18(20)21-9)14(27)22-12-15(28)24-13(17(29)30)8(4-25)6-33-16(12)24;/h7,12,16,25H,4-6H2,1-3H3,(H2,20,21)(H,22,27)(H,29,30);/q;+1/p-1/b23-11+;/t12-,16-;/m1./s1. The first-order chi connectivity index (χ1) is 15.9. The van der Waals surface area contributed by atoms with E-state index >= 15 is 0 Å². The number of carbonyl (C=O) groups excluding carboxylic acids is 4. The first kappa shape index (κ1) is 29.1. The number of esters is 1. The molecule has 0 bridgehead atoms. The minimum absolute atomic E-state index is 0. The molecule has 1 fully saturated rings. The summed E-state index contributed by atoms with van der Waals surface area (Å²) in [4.78, 5) is 58.8. The average molecular weight is 536 g/mol. The van der Waals surface area contributed by atoms with Crippen LogP contribution in [-0.4, -0.2) is 80.4 Å². The van der Waals surface area contributed by atoms with Gasteiger partial charge in [0.1, 0.15) is 22.7 Å². The van der Waals surface area contributed by atoms with Gasteiger partial charge in [-0.05, 0) is 26.3 Å². The molecule has 1 aromatic rings. The van der Waals surface area contributed by atoms with Crippen molar-refractivity contribution in [1.29, 1.82) is 0 Å². The molecule has 1 saturated heterocycles. The van der Waals surface area contributed by atoms with Crippen molar-refractivity contribution in [2.45, 2.75) is 37.8 Å². The SMILES string of the molecule is CC(C)(C)OC(=O)CO/N=C(/C(=O)N[C@@H]1C(=O)N2C(C(=O)[O-])=C(CO)CS[C@H]12)c1csc(N)n1.[Na+]. The van der Waals surface area contributed by atoms with Gasteiger partial charge in [0.25, 0.3) is 11.8 Å². The number of nitrogens with zero attached hydrogens (tertiary/aromatic N) is 3. The van der Waals surface area contributed by atoms with Crippen molar-refractivity contribution in [1.82, 2.24) is 15.2 Å². The molecule has 0 radical (unpaired) electrons. The largest absolute Gasteiger partial charge is 1.00 e. The van der Waals surface area contributed by atoms with E-state index in [1.54, 1.807) is 20.8 Å². The Morgan fingerprint density at radius 1 is 1.40 bits per heavy atom. The minimum Gasteiger partial charge on any atom is -0.543 e. The molecule has 1 aromatic heterocycles. The number of thiazole rings is 1. The van der Waals surface area contributed by atoms with Crippen LogP contribution in [-0.2, 0) is 28.8 Å². The van der Waals surface area contributed by atoms with E-state index in [9.17, 15) is 29.4 Å². The van der Waals surface area contributed by atoms with Crippen LogP contribution in [0.4, 0.5) is 5.13 Å². The van der Waals surface area contributed by atoms with Gasteiger partial charge in [0, 0.05) is 11.1 Å². The number of amides is 2. The van der Waals surface area contributed by atoms with Crippen LogP contribution >= 0.6 is 23.1 Å². The molecule has 0 spiro atoms. The van der Waals surface area contributed by atoms with Gasteiger partial charge in [-0.15, -0.1) is 23.1 Å². The Hall–Kier alpha value is -2.17. The molecular formula is C19H22N5NaO8S2. The number of carboxylic acids is 1. The Bertz CT molecular complexity index is 1080. The number of ether oxygens (including phenoxy) is 1. The van der Waals surface area contributed by atoms with E-state index < -0.39 is 59.7 Å². The fourth-order valence-electron chi connectivity index (χ4n) is 3.12. The number of carbonyl (C=O) groups is 4. The minimum atomic E-state index is -1.59. The molecule has 4 N–H and O–H groups in total. The third-order valence-corrected chi connectivity index (χ3v) is 6.47. The van der Waals surface area contributed by atoms with Crippen molar-refractivity contribution < 1.29 is 68.5 Å². The van der Waals surface area contributed by atoms with Crippen LogP contribution in [0.3, 0.4) is 0 Å². The van der Waals surface area contributed by atoms with Gasteiger partial charge in [-0.3, -0.25) is 14.5 Å². The Morgan fingerprint density at radius 2 is 2.09 bits per heavy atom. The predicted octanol–water partition coefficient (Wildman–Crippen LogP) is -4.81. The Labute approximate surface area is 230 Å². The molecule has 13 nitrogen and oxygen atoms in total. The van der Waals surface area contributed by atoms with Crippen LogP contribution in [0.1, 0.15) is 26.5 Å². The number of carboxylic acid groups (broad SMARTS) is 1. The maximum absolute atomic E-state index is 12.9. The second-order valence-electron chi connectivity index (χ2n) is 8.13. The second kappa shape index (κ2) is 11.7. The van der Waals surface area contributed by atoms with Gasteiger partial charge in [-0.1, -0.05) is 5.16 Å². The fourth-order valence-corrected chi connectivity index (χ4v) is 5.01. The number of aliphatic hydroxyl groups excluding tert-OH is 1. The number of nitrogens with one attached hydrogen (secondary N) is 1. The third-order valence-electron chi connectivity index (χ3n) is 4.46. The van der Waals surface area contributed by atoms with Crippen molar-refractivity contribution in [2.75, 3.05) is 24.7 Å². The molecule has 2 aliphatic rings. The van der Waals surface area contributed by atoms with Crippen LogP contribution in [0.2, 0.25) is 0 Å². The van der Waals surface area contributed by atoms with Gasteiger partial charge in [0.15, 0.2) is 10.8 Å². The summed E-state index contributed by atoms with van der Waals surface area (Å²) in [5, 5.41) is 27.9. The van der Waals surface area contributed by atoms with E-state index in [2.05, 4.69) is 15.5 Å². The van der Waals surface area contributed by atoms with Gasteiger partial charge >= 0.3 is 35.5 Å². The maximum Gasteiger partial charge on any atom is 1.00 e. The summed E-state index contributed by atoms with van der Waals surface area (Å²) in [6.45, 7) is 3.92. The quantitative estimate of drug-likeness (QED) is 0.0949. The smallest absolute Gasteiger partial charge is 0.543 e. The van der Waals surface area contributed by atoms with E-state index in [-0.39, 0.29) is 57.4 Å². The number of oxime groups is 1. The number of thioether (sulfide) groups is 1. The summed E-state index contributed by atoms with van der Waals surface area (Å²) in [6, 6.07) is -1.07. The number of nitrogen functional groups attached to an aromatic ring is 1. The molecule has 184 valence electrons. The fraction of sp³-hybridized carbons (Fsp3) is 0.474. The van der Waals surface area contributed by atoms with Crippen LogP contribution < -0.4 is 45.7 Å². The van der Waals surface area contributed by atoms with Crippen molar-refractivity contribution in [3.63, 3.8) is 0 Å². The molecule has 0 aliphatic carbocycles. The van der Waals surface area contributed by atoms with Gasteiger partial charge < -0.3 is 35.6 Å². The first-order valence-electron chi connectivity index (χ1n) is 9.86. The monoisotopic (exact) mass is 535 g/mol. The number of hydrogen-bond acceptors (Lipinski definition) is 13. The summed E-state index contributed by atoms with van der Waals surface area (Å²) in [6.07, 6.45) is 0. The van der Waals surface area contributed by atoms with Gasteiger partial charge in [0.2, 0.25) is 6.61 Å². The Morgan fingerprint density at radius 3 is 2.63 bits per heavy atom. The maximum atomic E-state index is 12.9. The van der Waals surface area contributed by atoms with Gasteiger partial charge in [-0.2, -0.15) is 0 Å². The molecule has 0 unspecified atom stereocenters. The molecule has 35 heavy (non-hydrogen) atoms. The van der Waals surface area contributed by atoms with Crippen molar-refractivity contribution >= 4 is 57.7 Å². The molecular weight excluding hydrogens is 513 g/mol. The number of aromatic nitrogens is 1.